The zero-order chi connectivity index (χ0) is 24.9. The lowest BCUT2D eigenvalue weighted by Gasteiger charge is -2.43. The molecule has 4 atom stereocenters. The third-order valence-corrected chi connectivity index (χ3v) is 8.49. The molecule has 0 bridgehead atoms. The molecule has 2 amide bonds. The smallest absolute Gasteiger partial charge is 0.328 e. The van der Waals surface area contributed by atoms with E-state index in [1.165, 1.54) is 16.7 Å². The van der Waals surface area contributed by atoms with E-state index in [-0.39, 0.29) is 0 Å². The fourth-order valence-corrected chi connectivity index (χ4v) is 6.89. The van der Waals surface area contributed by atoms with Gasteiger partial charge in [-0.2, -0.15) is 0 Å². The summed E-state index contributed by atoms with van der Waals surface area (Å²) in [6.45, 7) is 3.53. The maximum Gasteiger partial charge on any atom is 0.328 e. The number of aliphatic carboxylic acids is 1. The van der Waals surface area contributed by atoms with Crippen LogP contribution in [-0.2, 0) is 32.0 Å². The molecule has 2 aliphatic heterocycles. The second-order valence-electron chi connectivity index (χ2n) is 9.60. The van der Waals surface area contributed by atoms with Gasteiger partial charge in [0.15, 0.2) is 5.92 Å². The van der Waals surface area contributed by atoms with Crippen LogP contribution in [0.1, 0.15) is 42.9 Å². The number of carbonyl (C=O) groups is 4. The topological polar surface area (TPSA) is 113 Å². The van der Waals surface area contributed by atoms with Gasteiger partial charge in [0.1, 0.15) is 23.2 Å². The van der Waals surface area contributed by atoms with E-state index in [4.69, 9.17) is 4.74 Å². The van der Waals surface area contributed by atoms with Crippen LogP contribution in [0.3, 0.4) is 0 Å². The number of thioether (sulfide) groups is 1. The van der Waals surface area contributed by atoms with Gasteiger partial charge >= 0.3 is 11.9 Å². The third kappa shape index (κ3) is 3.97. The molecule has 2 aromatic carbocycles. The molecule has 2 N–H and O–H groups in total. The largest absolute Gasteiger partial charge is 0.480 e. The molecule has 3 aliphatic rings. The summed E-state index contributed by atoms with van der Waals surface area (Å²) < 4.78 is 5.03. The van der Waals surface area contributed by atoms with Crippen molar-refractivity contribution in [1.29, 1.82) is 0 Å². The number of rotatable bonds is 6. The highest BCUT2D eigenvalue weighted by Gasteiger charge is 2.64. The number of hydrogen-bond donors (Lipinski definition) is 2. The lowest BCUT2D eigenvalue weighted by molar-refractivity contribution is -0.161. The minimum atomic E-state index is -1.27. The second-order valence-corrected chi connectivity index (χ2v) is 11.4. The van der Waals surface area contributed by atoms with Gasteiger partial charge in [0.25, 0.3) is 0 Å². The number of carboxylic acids is 1. The molecular weight excluding hydrogens is 468 g/mol. The van der Waals surface area contributed by atoms with Crippen molar-refractivity contribution in [3.63, 3.8) is 0 Å². The van der Waals surface area contributed by atoms with E-state index < -0.39 is 51.9 Å². The molecule has 0 saturated carbocycles. The molecule has 35 heavy (non-hydrogen) atoms. The normalized spacial score (nSPS) is 24.7. The SMILES string of the molecule is CC1(C)SC2C(NC(=O)C(C(=O)Oc3cccc4c3CCC4)c3ccccc3)C(=O)N2C1C(=O)O. The van der Waals surface area contributed by atoms with Gasteiger partial charge in [-0.05, 0) is 55.9 Å². The Balaban J connectivity index is 1.38. The summed E-state index contributed by atoms with van der Waals surface area (Å²) in [7, 11) is 0. The lowest BCUT2D eigenvalue weighted by Crippen LogP contribution is -2.71. The first kappa shape index (κ1) is 23.4. The van der Waals surface area contributed by atoms with Crippen LogP contribution in [0.2, 0.25) is 0 Å². The van der Waals surface area contributed by atoms with E-state index >= 15 is 0 Å². The van der Waals surface area contributed by atoms with Gasteiger partial charge < -0.3 is 20.1 Å². The van der Waals surface area contributed by atoms with Crippen LogP contribution >= 0.6 is 11.8 Å². The highest BCUT2D eigenvalue weighted by molar-refractivity contribution is 8.01. The Morgan fingerprint density at radius 3 is 2.57 bits per heavy atom. The molecule has 2 saturated heterocycles. The highest BCUT2D eigenvalue weighted by atomic mass is 32.2. The number of carbonyl (C=O) groups excluding carboxylic acids is 3. The van der Waals surface area contributed by atoms with Crippen molar-refractivity contribution in [2.75, 3.05) is 0 Å². The Labute approximate surface area is 207 Å². The molecule has 0 radical (unpaired) electrons. The van der Waals surface area contributed by atoms with Crippen LogP contribution in [0.4, 0.5) is 0 Å². The molecule has 5 rings (SSSR count). The number of ether oxygens (including phenoxy) is 1. The van der Waals surface area contributed by atoms with Gasteiger partial charge in [0, 0.05) is 4.75 Å². The van der Waals surface area contributed by atoms with Crippen molar-refractivity contribution in [2.24, 2.45) is 0 Å². The first-order chi connectivity index (χ1) is 16.7. The number of nitrogens with one attached hydrogen (secondary N) is 1. The second kappa shape index (κ2) is 8.71. The molecule has 0 spiro atoms. The average Bonchev–Trinajstić information content (AvgIpc) is 3.39. The number of β-lactam (4-membered cyclic amide) rings is 1. The van der Waals surface area contributed by atoms with Gasteiger partial charge in [-0.3, -0.25) is 14.4 Å². The molecule has 182 valence electrons. The number of benzene rings is 2. The summed E-state index contributed by atoms with van der Waals surface area (Å²) in [5, 5.41) is 11.8. The van der Waals surface area contributed by atoms with Crippen molar-refractivity contribution in [2.45, 2.75) is 61.2 Å². The number of fused-ring (bicyclic) bond motifs is 2. The van der Waals surface area contributed by atoms with Crippen molar-refractivity contribution in [3.05, 3.63) is 65.2 Å². The zero-order valence-electron chi connectivity index (χ0n) is 19.4. The van der Waals surface area contributed by atoms with Gasteiger partial charge in [-0.25, -0.2) is 4.79 Å². The maximum absolute atomic E-state index is 13.4. The van der Waals surface area contributed by atoms with Crippen molar-refractivity contribution < 1.29 is 29.0 Å². The van der Waals surface area contributed by atoms with Crippen LogP contribution in [0.25, 0.3) is 0 Å². The number of amides is 2. The van der Waals surface area contributed by atoms with Crippen LogP contribution in [-0.4, -0.2) is 56.0 Å². The van der Waals surface area contributed by atoms with E-state index in [0.29, 0.717) is 11.3 Å². The standard InChI is InChI=1S/C26H26N2O6S/c1-26(2)20(24(31)32)28-22(30)19(23(28)35-26)27-21(29)18(15-8-4-3-5-9-15)25(33)34-17-13-7-11-14-10-6-12-16(14)17/h3-5,7-9,11,13,18-20,23H,6,10,12H2,1-2H3,(H,27,29)(H,31,32). The summed E-state index contributed by atoms with van der Waals surface area (Å²) >= 11 is 1.33. The Hall–Kier alpha value is -3.33. The molecule has 2 fully saturated rings. The van der Waals surface area contributed by atoms with Crippen LogP contribution in [0.15, 0.2) is 48.5 Å². The van der Waals surface area contributed by atoms with E-state index in [9.17, 15) is 24.3 Å². The number of hydrogen-bond acceptors (Lipinski definition) is 6. The van der Waals surface area contributed by atoms with Crippen LogP contribution in [0, 0.1) is 0 Å². The minimum Gasteiger partial charge on any atom is -0.480 e. The van der Waals surface area contributed by atoms with Gasteiger partial charge in [0.05, 0.1) is 0 Å². The molecule has 2 aromatic rings. The number of carboxylic acid groups (broad SMARTS) is 1. The summed E-state index contributed by atoms with van der Waals surface area (Å²) in [5.74, 6) is -3.73. The van der Waals surface area contributed by atoms with E-state index in [0.717, 1.165) is 30.4 Å². The first-order valence-corrected chi connectivity index (χ1v) is 12.5. The number of aryl methyl sites for hydroxylation is 1. The Kier molecular flexibility index (Phi) is 5.83. The summed E-state index contributed by atoms with van der Waals surface area (Å²) in [5.41, 5.74) is 2.58. The quantitative estimate of drug-likeness (QED) is 0.275. The van der Waals surface area contributed by atoms with Gasteiger partial charge in [-0.1, -0.05) is 42.5 Å². The predicted molar refractivity (Wildman–Crippen MR) is 129 cm³/mol. The maximum atomic E-state index is 13.4. The van der Waals surface area contributed by atoms with Gasteiger partial charge in [-0.15, -0.1) is 11.8 Å². The van der Waals surface area contributed by atoms with E-state index in [1.807, 2.05) is 12.1 Å². The molecule has 4 unspecified atom stereocenters. The van der Waals surface area contributed by atoms with Gasteiger partial charge in [0.2, 0.25) is 11.8 Å². The molecule has 1 aliphatic carbocycles. The van der Waals surface area contributed by atoms with Crippen LogP contribution < -0.4 is 10.1 Å². The van der Waals surface area contributed by atoms with Crippen LogP contribution in [0.5, 0.6) is 5.75 Å². The first-order valence-electron chi connectivity index (χ1n) is 11.6. The summed E-state index contributed by atoms with van der Waals surface area (Å²) in [4.78, 5) is 52.7. The average molecular weight is 495 g/mol. The molecule has 2 heterocycles. The Morgan fingerprint density at radius 2 is 1.86 bits per heavy atom. The summed E-state index contributed by atoms with van der Waals surface area (Å²) in [6.07, 6.45) is 2.72. The van der Waals surface area contributed by atoms with E-state index in [1.54, 1.807) is 50.2 Å². The fourth-order valence-electron chi connectivity index (χ4n) is 5.27. The third-order valence-electron chi connectivity index (χ3n) is 6.92. The number of nitrogens with zero attached hydrogens (tertiary/aromatic N) is 1. The Morgan fingerprint density at radius 1 is 1.11 bits per heavy atom. The molecule has 9 heteroatoms. The van der Waals surface area contributed by atoms with Crippen molar-refractivity contribution in [3.8, 4) is 5.75 Å². The zero-order valence-corrected chi connectivity index (χ0v) is 20.2. The van der Waals surface area contributed by atoms with Crippen molar-refractivity contribution in [1.82, 2.24) is 10.2 Å². The molecular formula is C26H26N2O6S. The predicted octanol–water partition coefficient (Wildman–Crippen LogP) is 2.50. The monoisotopic (exact) mass is 494 g/mol. The van der Waals surface area contributed by atoms with Crippen molar-refractivity contribution >= 4 is 35.5 Å². The number of esters is 1. The molecule has 0 aromatic heterocycles. The lowest BCUT2D eigenvalue weighted by atomic mass is 9.94. The summed E-state index contributed by atoms with van der Waals surface area (Å²) in [6, 6.07) is 12.3. The van der Waals surface area contributed by atoms with E-state index in [2.05, 4.69) is 5.32 Å². The minimum absolute atomic E-state index is 0.453. The fraction of sp³-hybridized carbons (Fsp3) is 0.385. The Bertz CT molecular complexity index is 1210. The highest BCUT2D eigenvalue weighted by Crippen LogP contribution is 2.50. The molecule has 8 nitrogen and oxygen atoms in total.